The molecular formula is C26H22F3N3O5S2. The molecule has 0 bridgehead atoms. The molecule has 0 fully saturated rings. The number of sulfonamides is 1. The number of carbonyl (C=O) groups is 2. The van der Waals surface area contributed by atoms with Crippen LogP contribution in [0.3, 0.4) is 0 Å². The maximum atomic E-state index is 12.9. The molecular weight excluding hydrogens is 555 g/mol. The first kappa shape index (κ1) is 28.0. The van der Waals surface area contributed by atoms with Gasteiger partial charge in [-0.25, -0.2) is 13.2 Å². The van der Waals surface area contributed by atoms with Crippen LogP contribution >= 0.6 is 11.3 Å². The third-order valence-corrected chi connectivity index (χ3v) is 8.28. The number of amides is 1. The largest absolute Gasteiger partial charge is 0.480 e. The lowest BCUT2D eigenvalue weighted by Gasteiger charge is -2.14. The molecule has 0 aliphatic carbocycles. The molecule has 8 nitrogen and oxygen atoms in total. The summed E-state index contributed by atoms with van der Waals surface area (Å²) in [7, 11) is -4.27. The van der Waals surface area contributed by atoms with Crippen LogP contribution in [-0.2, 0) is 21.0 Å². The fourth-order valence-electron chi connectivity index (χ4n) is 3.84. The number of aliphatic carboxylic acids is 1. The molecule has 1 amide bonds. The number of alkyl halides is 3. The number of hydrogen-bond acceptors (Lipinski definition) is 5. The fraction of sp³-hybridized carbons (Fsp3) is 0.192. The van der Waals surface area contributed by atoms with Crippen molar-refractivity contribution in [2.45, 2.75) is 37.4 Å². The van der Waals surface area contributed by atoms with E-state index in [0.717, 1.165) is 29.0 Å². The number of carbonyl (C=O) groups excluding carboxylic acids is 1. The summed E-state index contributed by atoms with van der Waals surface area (Å²) in [5.41, 5.74) is 0.644. The number of aryl methyl sites for hydroxylation is 1. The lowest BCUT2D eigenvalue weighted by Crippen LogP contribution is -2.27. The van der Waals surface area contributed by atoms with Crippen molar-refractivity contribution in [3.05, 3.63) is 88.2 Å². The second-order valence-corrected chi connectivity index (χ2v) is 11.3. The van der Waals surface area contributed by atoms with Crippen LogP contribution < -0.4 is 9.52 Å². The van der Waals surface area contributed by atoms with Gasteiger partial charge >= 0.3 is 12.1 Å². The molecule has 1 heterocycles. The number of rotatable bonds is 7. The van der Waals surface area contributed by atoms with E-state index < -0.39 is 39.7 Å². The molecule has 0 saturated carbocycles. The quantitative estimate of drug-likeness (QED) is 0.296. The Bertz CT molecular complexity index is 1720. The molecule has 1 unspecified atom stereocenters. The van der Waals surface area contributed by atoms with Crippen LogP contribution in [0.2, 0.25) is 0 Å². The van der Waals surface area contributed by atoms with E-state index in [9.17, 15) is 36.3 Å². The van der Waals surface area contributed by atoms with Crippen LogP contribution in [0.25, 0.3) is 10.2 Å². The molecule has 1 atom stereocenters. The number of hydrogen-bond donors (Lipinski definition) is 2. The molecule has 39 heavy (non-hydrogen) atoms. The molecule has 3 aromatic carbocycles. The minimum absolute atomic E-state index is 0.0469. The highest BCUT2D eigenvalue weighted by Crippen LogP contribution is 2.31. The molecule has 4 aromatic rings. The van der Waals surface area contributed by atoms with E-state index in [0.29, 0.717) is 27.9 Å². The number of thiazole rings is 1. The van der Waals surface area contributed by atoms with E-state index in [1.807, 2.05) is 6.92 Å². The highest BCUT2D eigenvalue weighted by atomic mass is 32.2. The third kappa shape index (κ3) is 6.04. The predicted octanol–water partition coefficient (Wildman–Crippen LogP) is 5.61. The monoisotopic (exact) mass is 577 g/mol. The van der Waals surface area contributed by atoms with Crippen LogP contribution in [0, 0.1) is 6.92 Å². The third-order valence-electron chi connectivity index (χ3n) is 5.85. The molecule has 1 aromatic heterocycles. The van der Waals surface area contributed by atoms with Crippen LogP contribution in [0.15, 0.2) is 76.6 Å². The normalized spacial score (nSPS) is 13.4. The number of halogens is 3. The summed E-state index contributed by atoms with van der Waals surface area (Å²) < 4.78 is 68.5. The molecule has 0 radical (unpaired) electrons. The van der Waals surface area contributed by atoms with Crippen molar-refractivity contribution in [2.75, 3.05) is 4.72 Å². The summed E-state index contributed by atoms with van der Waals surface area (Å²) in [6.45, 7) is 3.52. The Balaban J connectivity index is 1.78. The summed E-state index contributed by atoms with van der Waals surface area (Å²) in [5.74, 6) is -1.74. The summed E-state index contributed by atoms with van der Waals surface area (Å²) in [6, 6.07) is 13.0. The average molecular weight is 578 g/mol. The van der Waals surface area contributed by atoms with E-state index in [-0.39, 0.29) is 21.8 Å². The summed E-state index contributed by atoms with van der Waals surface area (Å²) >= 11 is 1.07. The summed E-state index contributed by atoms with van der Waals surface area (Å²) in [6.07, 6.45) is -4.47. The standard InChI is InChI=1S/C26H22F3N3O5S2/c1-3-20(24(34)35)32-21-14-18(31-39(36,37)19-11-8-17(9-12-19)26(27,28)29)10-13-22(21)38-25(32)30-23(33)16-6-4-15(2)5-7-16/h4-14,20,31H,3H2,1-2H3,(H,34,35). The van der Waals surface area contributed by atoms with Crippen molar-refractivity contribution in [3.8, 4) is 0 Å². The van der Waals surface area contributed by atoms with Gasteiger partial charge in [0, 0.05) is 5.56 Å². The van der Waals surface area contributed by atoms with Gasteiger partial charge in [-0.1, -0.05) is 36.0 Å². The average Bonchev–Trinajstić information content (AvgIpc) is 3.21. The Morgan fingerprint density at radius 3 is 2.26 bits per heavy atom. The van der Waals surface area contributed by atoms with Gasteiger partial charge in [-0.2, -0.15) is 18.2 Å². The predicted molar refractivity (Wildman–Crippen MR) is 140 cm³/mol. The van der Waals surface area contributed by atoms with Crippen molar-refractivity contribution >= 4 is 49.1 Å². The molecule has 0 spiro atoms. The zero-order valence-corrected chi connectivity index (χ0v) is 22.2. The van der Waals surface area contributed by atoms with E-state index in [2.05, 4.69) is 9.71 Å². The van der Waals surface area contributed by atoms with Crippen LogP contribution in [0.4, 0.5) is 18.9 Å². The van der Waals surface area contributed by atoms with E-state index >= 15 is 0 Å². The lowest BCUT2D eigenvalue weighted by atomic mass is 10.1. The second kappa shape index (κ2) is 10.7. The van der Waals surface area contributed by atoms with E-state index in [1.54, 1.807) is 37.3 Å². The number of aromatic nitrogens is 1. The molecule has 204 valence electrons. The zero-order valence-electron chi connectivity index (χ0n) is 20.6. The first-order valence-corrected chi connectivity index (χ1v) is 13.8. The van der Waals surface area contributed by atoms with Gasteiger partial charge in [0.15, 0.2) is 4.80 Å². The number of nitrogens with zero attached hydrogens (tertiary/aromatic N) is 2. The fourth-order valence-corrected chi connectivity index (χ4v) is 5.93. The van der Waals surface area contributed by atoms with Crippen LogP contribution in [-0.4, -0.2) is 30.0 Å². The van der Waals surface area contributed by atoms with Gasteiger partial charge in [-0.15, -0.1) is 0 Å². The van der Waals surface area contributed by atoms with Gasteiger partial charge in [0.05, 0.1) is 26.4 Å². The number of anilines is 1. The van der Waals surface area contributed by atoms with Crippen LogP contribution in [0.1, 0.15) is 40.9 Å². The van der Waals surface area contributed by atoms with Gasteiger partial charge in [0.25, 0.3) is 15.9 Å². The molecule has 2 N–H and O–H groups in total. The summed E-state index contributed by atoms with van der Waals surface area (Å²) in [5, 5.41) is 9.86. The Morgan fingerprint density at radius 1 is 1.05 bits per heavy atom. The molecule has 0 saturated heterocycles. The van der Waals surface area contributed by atoms with Crippen molar-refractivity contribution in [1.29, 1.82) is 0 Å². The Labute approximate surface area is 225 Å². The van der Waals surface area contributed by atoms with Crippen molar-refractivity contribution in [2.24, 2.45) is 4.99 Å². The number of nitrogens with one attached hydrogen (secondary N) is 1. The Hall–Kier alpha value is -3.97. The first-order valence-electron chi connectivity index (χ1n) is 11.5. The van der Waals surface area contributed by atoms with Crippen molar-refractivity contribution in [1.82, 2.24) is 4.57 Å². The topological polar surface area (TPSA) is 118 Å². The summed E-state index contributed by atoms with van der Waals surface area (Å²) in [4.78, 5) is 28.8. The number of carboxylic acid groups (broad SMARTS) is 1. The van der Waals surface area contributed by atoms with Crippen molar-refractivity contribution < 1.29 is 36.3 Å². The van der Waals surface area contributed by atoms with Gasteiger partial charge < -0.3 is 9.67 Å². The molecule has 4 rings (SSSR count). The van der Waals surface area contributed by atoms with Crippen molar-refractivity contribution in [3.63, 3.8) is 0 Å². The smallest absolute Gasteiger partial charge is 0.416 e. The van der Waals surface area contributed by atoms with Gasteiger partial charge in [0.1, 0.15) is 6.04 Å². The highest BCUT2D eigenvalue weighted by Gasteiger charge is 2.31. The van der Waals surface area contributed by atoms with Crippen LogP contribution in [0.5, 0.6) is 0 Å². The van der Waals surface area contributed by atoms with Gasteiger partial charge in [-0.05, 0) is 67.9 Å². The number of benzene rings is 3. The highest BCUT2D eigenvalue weighted by molar-refractivity contribution is 7.92. The zero-order chi connectivity index (χ0) is 28.5. The van der Waals surface area contributed by atoms with Gasteiger partial charge in [0.2, 0.25) is 0 Å². The van der Waals surface area contributed by atoms with E-state index in [1.165, 1.54) is 16.7 Å². The SMILES string of the molecule is CCC(C(=O)O)n1c(=NC(=O)c2ccc(C)cc2)sc2ccc(NS(=O)(=O)c3ccc(C(F)(F)F)cc3)cc21. The Kier molecular flexibility index (Phi) is 7.66. The van der Waals surface area contributed by atoms with E-state index in [4.69, 9.17) is 0 Å². The lowest BCUT2D eigenvalue weighted by molar-refractivity contribution is -0.141. The minimum atomic E-state index is -4.61. The minimum Gasteiger partial charge on any atom is -0.480 e. The second-order valence-electron chi connectivity index (χ2n) is 8.61. The first-order chi connectivity index (χ1) is 18.3. The maximum Gasteiger partial charge on any atom is 0.416 e. The number of fused-ring (bicyclic) bond motifs is 1. The number of carboxylic acids is 1. The molecule has 13 heteroatoms. The van der Waals surface area contributed by atoms with Gasteiger partial charge in [-0.3, -0.25) is 9.52 Å². The molecule has 0 aliphatic rings. The maximum absolute atomic E-state index is 12.9. The molecule has 0 aliphatic heterocycles. The Morgan fingerprint density at radius 2 is 1.69 bits per heavy atom.